The molecule has 0 spiro atoms. The summed E-state index contributed by atoms with van der Waals surface area (Å²) < 4.78 is 0. The monoisotopic (exact) mass is 554 g/mol. The summed E-state index contributed by atoms with van der Waals surface area (Å²) in [7, 11) is 0. The van der Waals surface area contributed by atoms with Gasteiger partial charge in [0.15, 0.2) is 0 Å². The van der Waals surface area contributed by atoms with Crippen LogP contribution in [-0.4, -0.2) is 87.1 Å². The van der Waals surface area contributed by atoms with Crippen molar-refractivity contribution in [1.82, 2.24) is 16.0 Å². The maximum atomic E-state index is 13.0. The molecule has 0 aromatic heterocycles. The molecule has 0 heterocycles. The van der Waals surface area contributed by atoms with Crippen molar-refractivity contribution in [1.29, 1.82) is 0 Å². The van der Waals surface area contributed by atoms with Gasteiger partial charge in [-0.05, 0) is 43.3 Å². The number of carboxylic acid groups (broad SMARTS) is 3. The summed E-state index contributed by atoms with van der Waals surface area (Å²) >= 11 is 1.36. The third-order valence-corrected chi connectivity index (χ3v) is 6.06. The highest BCUT2D eigenvalue weighted by Gasteiger charge is 2.30. The van der Waals surface area contributed by atoms with Gasteiger partial charge in [-0.1, -0.05) is 30.3 Å². The maximum Gasteiger partial charge on any atom is 0.326 e. The highest BCUT2D eigenvalue weighted by atomic mass is 32.2. The van der Waals surface area contributed by atoms with Crippen LogP contribution in [0.3, 0.4) is 0 Å². The van der Waals surface area contributed by atoms with Crippen molar-refractivity contribution >= 4 is 47.4 Å². The average molecular weight is 555 g/mol. The van der Waals surface area contributed by atoms with E-state index in [1.54, 1.807) is 36.6 Å². The SMILES string of the molecule is CSCCC(NC(=O)C(CCC(=O)O)NC(=O)C(N)Cc1ccccc1)C(=O)NC(CCC(=O)O)C(=O)O. The van der Waals surface area contributed by atoms with Gasteiger partial charge < -0.3 is 37.0 Å². The molecule has 1 rings (SSSR count). The van der Waals surface area contributed by atoms with Gasteiger partial charge in [-0.25, -0.2) is 4.79 Å². The molecule has 0 aliphatic rings. The zero-order chi connectivity index (χ0) is 28.7. The van der Waals surface area contributed by atoms with E-state index in [9.17, 15) is 33.9 Å². The minimum atomic E-state index is -1.49. The van der Waals surface area contributed by atoms with Crippen molar-refractivity contribution in [3.63, 3.8) is 0 Å². The van der Waals surface area contributed by atoms with Crippen LogP contribution in [0.5, 0.6) is 0 Å². The van der Waals surface area contributed by atoms with E-state index in [1.165, 1.54) is 11.8 Å². The van der Waals surface area contributed by atoms with Crippen LogP contribution in [0, 0.1) is 0 Å². The Hall–Kier alpha value is -3.65. The Morgan fingerprint density at radius 2 is 1.24 bits per heavy atom. The molecule has 0 bridgehead atoms. The largest absolute Gasteiger partial charge is 0.481 e. The summed E-state index contributed by atoms with van der Waals surface area (Å²) in [5.74, 6) is -5.86. The lowest BCUT2D eigenvalue weighted by Crippen LogP contribution is -2.57. The molecular weight excluding hydrogens is 520 g/mol. The van der Waals surface area contributed by atoms with Crippen molar-refractivity contribution in [2.45, 2.75) is 62.7 Å². The van der Waals surface area contributed by atoms with Crippen LogP contribution in [-0.2, 0) is 35.2 Å². The molecule has 14 heteroatoms. The number of aliphatic carboxylic acids is 3. The van der Waals surface area contributed by atoms with Crippen LogP contribution in [0.1, 0.15) is 37.7 Å². The van der Waals surface area contributed by atoms with Gasteiger partial charge in [-0.2, -0.15) is 11.8 Å². The number of benzene rings is 1. The van der Waals surface area contributed by atoms with E-state index < -0.39 is 72.6 Å². The number of nitrogens with two attached hydrogens (primary N) is 1. The third-order valence-electron chi connectivity index (χ3n) is 5.42. The van der Waals surface area contributed by atoms with Gasteiger partial charge in [-0.3, -0.25) is 24.0 Å². The van der Waals surface area contributed by atoms with Crippen LogP contribution >= 0.6 is 11.8 Å². The zero-order valence-corrected chi connectivity index (χ0v) is 21.7. The molecule has 1 aromatic carbocycles. The molecule has 4 unspecified atom stereocenters. The number of amides is 3. The quantitative estimate of drug-likeness (QED) is 0.123. The zero-order valence-electron chi connectivity index (χ0n) is 20.9. The Morgan fingerprint density at radius 1 is 0.763 bits per heavy atom. The molecule has 1 aromatic rings. The normalized spacial score (nSPS) is 13.8. The number of nitrogens with one attached hydrogen (secondary N) is 3. The summed E-state index contributed by atoms with van der Waals surface area (Å²) in [5.41, 5.74) is 6.76. The van der Waals surface area contributed by atoms with E-state index in [1.807, 2.05) is 0 Å². The molecule has 4 atom stereocenters. The number of carbonyl (C=O) groups is 6. The summed E-state index contributed by atoms with van der Waals surface area (Å²) in [6.45, 7) is 0. The lowest BCUT2D eigenvalue weighted by molar-refractivity contribution is -0.143. The minimum absolute atomic E-state index is 0.0944. The third kappa shape index (κ3) is 12.5. The van der Waals surface area contributed by atoms with E-state index in [0.717, 1.165) is 5.56 Å². The second-order valence-corrected chi connectivity index (χ2v) is 9.45. The Balaban J connectivity index is 2.97. The van der Waals surface area contributed by atoms with Gasteiger partial charge in [0.2, 0.25) is 17.7 Å². The van der Waals surface area contributed by atoms with E-state index in [4.69, 9.17) is 15.9 Å². The molecular formula is C24H34N4O9S. The van der Waals surface area contributed by atoms with Crippen molar-refractivity contribution in [3.8, 4) is 0 Å². The van der Waals surface area contributed by atoms with Gasteiger partial charge in [0.1, 0.15) is 18.1 Å². The molecule has 210 valence electrons. The van der Waals surface area contributed by atoms with Gasteiger partial charge >= 0.3 is 17.9 Å². The molecule has 0 aliphatic carbocycles. The van der Waals surface area contributed by atoms with Crippen LogP contribution in [0.2, 0.25) is 0 Å². The molecule has 38 heavy (non-hydrogen) atoms. The van der Waals surface area contributed by atoms with Crippen molar-refractivity contribution in [2.24, 2.45) is 5.73 Å². The van der Waals surface area contributed by atoms with Crippen LogP contribution in [0.4, 0.5) is 0 Å². The van der Waals surface area contributed by atoms with Crippen LogP contribution < -0.4 is 21.7 Å². The topological polar surface area (TPSA) is 225 Å². The molecule has 13 nitrogen and oxygen atoms in total. The molecule has 0 saturated carbocycles. The van der Waals surface area contributed by atoms with Crippen molar-refractivity contribution in [2.75, 3.05) is 12.0 Å². The van der Waals surface area contributed by atoms with Gasteiger partial charge in [0.25, 0.3) is 0 Å². The van der Waals surface area contributed by atoms with Crippen molar-refractivity contribution in [3.05, 3.63) is 35.9 Å². The fourth-order valence-corrected chi connectivity index (χ4v) is 3.82. The lowest BCUT2D eigenvalue weighted by atomic mass is 10.0. The number of rotatable bonds is 18. The number of thioether (sulfide) groups is 1. The second kappa shape index (κ2) is 17.0. The second-order valence-electron chi connectivity index (χ2n) is 8.46. The smallest absolute Gasteiger partial charge is 0.326 e. The number of hydrogen-bond donors (Lipinski definition) is 7. The first-order valence-electron chi connectivity index (χ1n) is 11.8. The molecule has 0 fully saturated rings. The summed E-state index contributed by atoms with van der Waals surface area (Å²) in [5, 5.41) is 34.4. The fraction of sp³-hybridized carbons (Fsp3) is 0.500. The Kier molecular flexibility index (Phi) is 14.5. The number of hydrogen-bond acceptors (Lipinski definition) is 8. The van der Waals surface area contributed by atoms with E-state index in [-0.39, 0.29) is 25.7 Å². The molecule has 0 saturated heterocycles. The Labute approximate surface area is 223 Å². The summed E-state index contributed by atoms with van der Waals surface area (Å²) in [4.78, 5) is 71.9. The maximum absolute atomic E-state index is 13.0. The standard InChI is InChI=1S/C24H34N4O9S/c1-38-12-11-17(23(35)28-18(24(36)37)8-10-20(31)32)27-22(34)16(7-9-19(29)30)26-21(33)15(25)13-14-5-3-2-4-6-14/h2-6,15-18H,7-13,25H2,1H3,(H,26,33)(H,27,34)(H,28,35)(H,29,30)(H,31,32)(H,36,37). The predicted molar refractivity (Wildman–Crippen MR) is 138 cm³/mol. The summed E-state index contributed by atoms with van der Waals surface area (Å²) in [6, 6.07) is 3.84. The van der Waals surface area contributed by atoms with E-state index in [0.29, 0.717) is 5.75 Å². The van der Waals surface area contributed by atoms with Crippen LogP contribution in [0.15, 0.2) is 30.3 Å². The predicted octanol–water partition coefficient (Wildman–Crippen LogP) is -0.422. The van der Waals surface area contributed by atoms with Crippen LogP contribution in [0.25, 0.3) is 0 Å². The Bertz CT molecular complexity index is 977. The number of carboxylic acids is 3. The van der Waals surface area contributed by atoms with Gasteiger partial charge in [0, 0.05) is 12.8 Å². The van der Waals surface area contributed by atoms with E-state index in [2.05, 4.69) is 16.0 Å². The first-order chi connectivity index (χ1) is 17.9. The first kappa shape index (κ1) is 32.4. The van der Waals surface area contributed by atoms with Crippen molar-refractivity contribution < 1.29 is 44.1 Å². The highest BCUT2D eigenvalue weighted by Crippen LogP contribution is 2.07. The lowest BCUT2D eigenvalue weighted by Gasteiger charge is -2.25. The van der Waals surface area contributed by atoms with Gasteiger partial charge in [0.05, 0.1) is 6.04 Å². The molecule has 8 N–H and O–H groups in total. The average Bonchev–Trinajstić information content (AvgIpc) is 2.86. The molecule has 0 radical (unpaired) electrons. The summed E-state index contributed by atoms with van der Waals surface area (Å²) in [6.07, 6.45) is 0.431. The number of carbonyl (C=O) groups excluding carboxylic acids is 3. The molecule has 3 amide bonds. The first-order valence-corrected chi connectivity index (χ1v) is 13.2. The van der Waals surface area contributed by atoms with Gasteiger partial charge in [-0.15, -0.1) is 0 Å². The molecule has 0 aliphatic heterocycles. The minimum Gasteiger partial charge on any atom is -0.481 e. The fourth-order valence-electron chi connectivity index (χ4n) is 3.35. The Morgan fingerprint density at radius 3 is 1.74 bits per heavy atom. The highest BCUT2D eigenvalue weighted by molar-refractivity contribution is 7.98. The van der Waals surface area contributed by atoms with E-state index >= 15 is 0 Å².